The van der Waals surface area contributed by atoms with Gasteiger partial charge in [-0.05, 0) is 26.0 Å². The highest BCUT2D eigenvalue weighted by Crippen LogP contribution is 2.41. The number of sulfonamides is 1. The van der Waals surface area contributed by atoms with E-state index in [0.717, 1.165) is 6.92 Å². The van der Waals surface area contributed by atoms with Crippen molar-refractivity contribution in [3.63, 3.8) is 0 Å². The Morgan fingerprint density at radius 3 is 2.37 bits per heavy atom. The van der Waals surface area contributed by atoms with Crippen LogP contribution in [-0.4, -0.2) is 40.1 Å². The molecule has 1 atom stereocenters. The Hall–Kier alpha value is -2.75. The third-order valence-electron chi connectivity index (χ3n) is 3.96. The molecule has 27 heavy (non-hydrogen) atoms. The van der Waals surface area contributed by atoms with Gasteiger partial charge in [0.1, 0.15) is 0 Å². The molecule has 2 rings (SSSR count). The number of carbonyl (C=O) groups excluding carboxylic acids is 2. The molecular weight excluding hydrogens is 378 g/mol. The zero-order valence-corrected chi connectivity index (χ0v) is 16.4. The number of ether oxygens (including phenoxy) is 4. The Morgan fingerprint density at radius 2 is 1.85 bits per heavy atom. The summed E-state index contributed by atoms with van der Waals surface area (Å²) in [7, 11) is -0.870. The molecule has 1 aromatic rings. The molecule has 1 N–H and O–H groups in total. The van der Waals surface area contributed by atoms with Crippen molar-refractivity contribution in [1.29, 1.82) is 0 Å². The van der Waals surface area contributed by atoms with Crippen LogP contribution < -0.4 is 14.2 Å². The van der Waals surface area contributed by atoms with Gasteiger partial charge < -0.3 is 18.9 Å². The first-order valence-corrected chi connectivity index (χ1v) is 9.62. The van der Waals surface area contributed by atoms with Crippen LogP contribution in [0.15, 0.2) is 29.8 Å². The Bertz CT molecular complexity index is 906. The van der Waals surface area contributed by atoms with Gasteiger partial charge in [-0.3, -0.25) is 14.3 Å². The summed E-state index contributed by atoms with van der Waals surface area (Å²) in [6, 6.07) is 4.68. The van der Waals surface area contributed by atoms with Gasteiger partial charge in [0.2, 0.25) is 21.7 Å². The number of nitrogens with one attached hydrogen (secondary N) is 1. The maximum atomic E-state index is 12.9. The standard InChI is InChI=1S/C17H21NO8S/c1-6-27(21,22)18-16-14(25-10(2)19)15(20)17(3,26-16)11-7-8-12(23-4)13(9-11)24-5/h7-9,18H,6H2,1-5H3. The maximum absolute atomic E-state index is 12.9. The first-order valence-electron chi connectivity index (χ1n) is 7.97. The number of Topliss-reactive ketones (excluding diaryl/α,β-unsaturated/α-hetero) is 1. The largest absolute Gasteiger partial charge is 0.493 e. The predicted octanol–water partition coefficient (Wildman–Crippen LogP) is 1.19. The van der Waals surface area contributed by atoms with E-state index in [1.54, 1.807) is 12.1 Å². The highest BCUT2D eigenvalue weighted by Gasteiger charge is 2.50. The Balaban J connectivity index is 2.51. The average Bonchev–Trinajstić information content (AvgIpc) is 2.85. The molecule has 0 amide bonds. The number of rotatable bonds is 7. The van der Waals surface area contributed by atoms with E-state index >= 15 is 0 Å². The summed E-state index contributed by atoms with van der Waals surface area (Å²) in [5, 5.41) is 0. The molecule has 0 saturated heterocycles. The van der Waals surface area contributed by atoms with Gasteiger partial charge in [-0.2, -0.15) is 0 Å². The van der Waals surface area contributed by atoms with Crippen LogP contribution >= 0.6 is 0 Å². The van der Waals surface area contributed by atoms with E-state index in [0.29, 0.717) is 17.1 Å². The molecule has 0 aromatic heterocycles. The zero-order valence-electron chi connectivity index (χ0n) is 15.6. The molecule has 1 heterocycles. The van der Waals surface area contributed by atoms with Crippen LogP contribution in [0.25, 0.3) is 0 Å². The molecule has 1 aliphatic heterocycles. The molecule has 148 valence electrons. The monoisotopic (exact) mass is 399 g/mol. The van der Waals surface area contributed by atoms with Gasteiger partial charge in [-0.15, -0.1) is 0 Å². The Morgan fingerprint density at radius 1 is 1.22 bits per heavy atom. The van der Waals surface area contributed by atoms with Crippen LogP contribution in [0.2, 0.25) is 0 Å². The minimum atomic E-state index is -3.77. The Labute approximate surface area is 157 Å². The van der Waals surface area contributed by atoms with Crippen molar-refractivity contribution in [2.45, 2.75) is 26.4 Å². The average molecular weight is 399 g/mol. The minimum absolute atomic E-state index is 0.255. The van der Waals surface area contributed by atoms with Gasteiger partial charge in [0.15, 0.2) is 17.1 Å². The van der Waals surface area contributed by atoms with Gasteiger partial charge in [0.25, 0.3) is 5.78 Å². The van der Waals surface area contributed by atoms with Crippen LogP contribution in [0.1, 0.15) is 26.3 Å². The molecule has 0 spiro atoms. The van der Waals surface area contributed by atoms with Gasteiger partial charge in [0.05, 0.1) is 20.0 Å². The second kappa shape index (κ2) is 7.47. The fourth-order valence-corrected chi connectivity index (χ4v) is 3.02. The smallest absolute Gasteiger partial charge is 0.308 e. The van der Waals surface area contributed by atoms with E-state index in [-0.39, 0.29) is 5.75 Å². The maximum Gasteiger partial charge on any atom is 0.308 e. The lowest BCUT2D eigenvalue weighted by Crippen LogP contribution is -2.32. The molecule has 10 heteroatoms. The second-order valence-electron chi connectivity index (χ2n) is 5.79. The first kappa shape index (κ1) is 20.6. The quantitative estimate of drug-likeness (QED) is 0.680. The van der Waals surface area contributed by atoms with Crippen LogP contribution in [0.4, 0.5) is 0 Å². The van der Waals surface area contributed by atoms with Crippen molar-refractivity contribution in [2.24, 2.45) is 0 Å². The number of hydrogen-bond donors (Lipinski definition) is 1. The fraction of sp³-hybridized carbons (Fsp3) is 0.412. The van der Waals surface area contributed by atoms with Crippen LogP contribution in [0.5, 0.6) is 11.5 Å². The summed E-state index contributed by atoms with van der Waals surface area (Å²) in [5.41, 5.74) is -1.27. The van der Waals surface area contributed by atoms with Gasteiger partial charge in [-0.25, -0.2) is 8.42 Å². The van der Waals surface area contributed by atoms with Gasteiger partial charge in [0, 0.05) is 12.5 Å². The van der Waals surface area contributed by atoms with Gasteiger partial charge in [-0.1, -0.05) is 6.07 Å². The van der Waals surface area contributed by atoms with Crippen molar-refractivity contribution in [3.8, 4) is 11.5 Å². The molecule has 0 fully saturated rings. The molecule has 9 nitrogen and oxygen atoms in total. The normalized spacial score (nSPS) is 19.5. The number of carbonyl (C=O) groups is 2. The van der Waals surface area contributed by atoms with Crippen molar-refractivity contribution in [2.75, 3.05) is 20.0 Å². The van der Waals surface area contributed by atoms with E-state index < -0.39 is 39.0 Å². The van der Waals surface area contributed by atoms with E-state index in [1.807, 2.05) is 0 Å². The van der Waals surface area contributed by atoms with Crippen molar-refractivity contribution < 1.29 is 37.0 Å². The lowest BCUT2D eigenvalue weighted by Gasteiger charge is -2.24. The second-order valence-corrected chi connectivity index (χ2v) is 7.80. The van der Waals surface area contributed by atoms with Crippen LogP contribution in [0.3, 0.4) is 0 Å². The molecular formula is C17H21NO8S. The number of hydrogen-bond acceptors (Lipinski definition) is 8. The van der Waals surface area contributed by atoms with Crippen molar-refractivity contribution >= 4 is 21.8 Å². The molecule has 1 aliphatic rings. The first-order chi connectivity index (χ1) is 12.6. The topological polar surface area (TPSA) is 117 Å². The van der Waals surface area contributed by atoms with E-state index in [4.69, 9.17) is 18.9 Å². The molecule has 0 saturated carbocycles. The summed E-state index contributed by atoms with van der Waals surface area (Å²) in [6.45, 7) is 3.95. The van der Waals surface area contributed by atoms with E-state index in [9.17, 15) is 18.0 Å². The number of methoxy groups -OCH3 is 2. The van der Waals surface area contributed by atoms with Gasteiger partial charge >= 0.3 is 5.97 Å². The summed E-state index contributed by atoms with van der Waals surface area (Å²) in [5.74, 6) is -1.90. The van der Waals surface area contributed by atoms with Crippen LogP contribution in [-0.2, 0) is 34.7 Å². The predicted molar refractivity (Wildman–Crippen MR) is 94.4 cm³/mol. The summed E-state index contributed by atoms with van der Waals surface area (Å²) < 4.78 is 46.9. The molecule has 0 radical (unpaired) electrons. The minimum Gasteiger partial charge on any atom is -0.493 e. The number of ketones is 1. The number of benzene rings is 1. The SMILES string of the molecule is CCS(=O)(=O)NC1=C(OC(C)=O)C(=O)C(C)(c2ccc(OC)c(OC)c2)O1. The van der Waals surface area contributed by atoms with Crippen molar-refractivity contribution in [1.82, 2.24) is 4.72 Å². The summed E-state index contributed by atoms with van der Waals surface area (Å²) in [4.78, 5) is 24.3. The lowest BCUT2D eigenvalue weighted by molar-refractivity contribution is -0.142. The fourth-order valence-electron chi connectivity index (χ4n) is 2.46. The number of esters is 1. The van der Waals surface area contributed by atoms with Crippen LogP contribution in [0, 0.1) is 0 Å². The highest BCUT2D eigenvalue weighted by atomic mass is 32.2. The van der Waals surface area contributed by atoms with Crippen molar-refractivity contribution in [3.05, 3.63) is 35.4 Å². The molecule has 0 bridgehead atoms. The van der Waals surface area contributed by atoms with E-state index in [2.05, 4.69) is 4.72 Å². The summed E-state index contributed by atoms with van der Waals surface area (Å²) in [6.07, 6.45) is 0. The molecule has 0 aliphatic carbocycles. The zero-order chi connectivity index (χ0) is 20.4. The molecule has 1 aromatic carbocycles. The Kier molecular flexibility index (Phi) is 5.69. The molecule has 1 unspecified atom stereocenters. The third-order valence-corrected chi connectivity index (χ3v) is 5.22. The highest BCUT2D eigenvalue weighted by molar-refractivity contribution is 7.89. The lowest BCUT2D eigenvalue weighted by atomic mass is 9.91. The third kappa shape index (κ3) is 4.00. The van der Waals surface area contributed by atoms with E-state index in [1.165, 1.54) is 34.1 Å². The summed E-state index contributed by atoms with van der Waals surface area (Å²) >= 11 is 0.